The summed E-state index contributed by atoms with van der Waals surface area (Å²) >= 11 is 0. The summed E-state index contributed by atoms with van der Waals surface area (Å²) in [5, 5.41) is 12.4. The van der Waals surface area contributed by atoms with Gasteiger partial charge in [0.2, 0.25) is 5.88 Å². The van der Waals surface area contributed by atoms with Gasteiger partial charge in [0, 0.05) is 25.5 Å². The van der Waals surface area contributed by atoms with Crippen molar-refractivity contribution < 1.29 is 27.8 Å². The minimum Gasteiger partial charge on any atom is -0.494 e. The smallest absolute Gasteiger partial charge is 0.433 e. The number of aromatic nitrogens is 4. The lowest BCUT2D eigenvalue weighted by molar-refractivity contribution is -0.141. The van der Waals surface area contributed by atoms with Crippen molar-refractivity contribution in [2.24, 2.45) is 14.1 Å². The number of ether oxygens (including phenoxy) is 1. The van der Waals surface area contributed by atoms with Gasteiger partial charge in [0.25, 0.3) is 11.5 Å². The molecule has 0 atom stereocenters. The Morgan fingerprint density at radius 1 is 1.09 bits per heavy atom. The molecule has 2 aromatic heterocycles. The Morgan fingerprint density at radius 2 is 1.72 bits per heavy atom. The van der Waals surface area contributed by atoms with E-state index in [0.29, 0.717) is 4.57 Å². The zero-order valence-corrected chi connectivity index (χ0v) is 16.9. The molecule has 32 heavy (non-hydrogen) atoms. The fourth-order valence-corrected chi connectivity index (χ4v) is 2.67. The molecule has 13 heteroatoms. The summed E-state index contributed by atoms with van der Waals surface area (Å²) < 4.78 is 45.3. The number of rotatable bonds is 4. The molecule has 3 rings (SSSR count). The van der Waals surface area contributed by atoms with E-state index in [1.807, 2.05) is 0 Å². The van der Waals surface area contributed by atoms with E-state index >= 15 is 0 Å². The molecule has 1 aromatic carbocycles. The van der Waals surface area contributed by atoms with E-state index in [0.717, 1.165) is 17.7 Å². The number of aryl methyl sites for hydroxylation is 1. The van der Waals surface area contributed by atoms with Crippen LogP contribution in [0.3, 0.4) is 0 Å². The molecule has 168 valence electrons. The van der Waals surface area contributed by atoms with Gasteiger partial charge in [0.15, 0.2) is 11.3 Å². The van der Waals surface area contributed by atoms with Crippen molar-refractivity contribution in [3.05, 3.63) is 68.1 Å². The predicted molar refractivity (Wildman–Crippen MR) is 105 cm³/mol. The highest BCUT2D eigenvalue weighted by molar-refractivity contribution is 6.05. The van der Waals surface area contributed by atoms with Crippen LogP contribution >= 0.6 is 0 Å². The zero-order chi connectivity index (χ0) is 23.8. The molecular formula is C19H16F3N5O5. The third kappa shape index (κ3) is 4.45. The first kappa shape index (κ1) is 22.5. The average molecular weight is 451 g/mol. The molecule has 0 aliphatic heterocycles. The van der Waals surface area contributed by atoms with E-state index in [2.05, 4.69) is 15.3 Å². The lowest BCUT2D eigenvalue weighted by atomic mass is 10.2. The second kappa shape index (κ2) is 8.17. The highest BCUT2D eigenvalue weighted by Gasteiger charge is 2.33. The Bertz CT molecular complexity index is 1310. The van der Waals surface area contributed by atoms with Crippen molar-refractivity contribution in [3.63, 3.8) is 0 Å². The van der Waals surface area contributed by atoms with E-state index in [1.54, 1.807) is 0 Å². The van der Waals surface area contributed by atoms with E-state index in [9.17, 15) is 32.7 Å². The summed E-state index contributed by atoms with van der Waals surface area (Å²) in [5.74, 6) is -1.68. The number of amides is 1. The van der Waals surface area contributed by atoms with Gasteiger partial charge in [0.1, 0.15) is 5.75 Å². The predicted octanol–water partition coefficient (Wildman–Crippen LogP) is 1.95. The van der Waals surface area contributed by atoms with Crippen molar-refractivity contribution in [1.82, 2.24) is 19.1 Å². The lowest BCUT2D eigenvalue weighted by Gasteiger charge is -2.11. The van der Waals surface area contributed by atoms with Crippen LogP contribution in [0.1, 0.15) is 21.7 Å². The maximum Gasteiger partial charge on any atom is 0.433 e. The number of hydrogen-bond donors (Lipinski definition) is 2. The van der Waals surface area contributed by atoms with Gasteiger partial charge in [-0.1, -0.05) is 0 Å². The number of alkyl halides is 3. The van der Waals surface area contributed by atoms with Gasteiger partial charge in [-0.25, -0.2) is 9.78 Å². The summed E-state index contributed by atoms with van der Waals surface area (Å²) in [4.78, 5) is 43.6. The Labute approximate surface area is 177 Å². The van der Waals surface area contributed by atoms with Crippen LogP contribution in [-0.4, -0.2) is 30.1 Å². The highest BCUT2D eigenvalue weighted by Crippen LogP contribution is 2.30. The first-order valence-corrected chi connectivity index (χ1v) is 8.89. The number of carbonyl (C=O) groups excluding carboxylic acids is 1. The number of halogens is 3. The average Bonchev–Trinajstić information content (AvgIpc) is 2.71. The Hall–Kier alpha value is -4.16. The van der Waals surface area contributed by atoms with Crippen LogP contribution in [-0.2, 0) is 20.3 Å². The standard InChI is InChI=1S/C19H16F3N5O5/c1-9-8-12(19(20,21)22)25-17(23-9)32-11-6-4-10(5-7-11)24-14(28)13-15(29)26(2)18(31)27(3)16(13)30/h4-8,29H,1-3H3,(H,24,28). The van der Waals surface area contributed by atoms with Crippen molar-refractivity contribution >= 4 is 11.6 Å². The van der Waals surface area contributed by atoms with Gasteiger partial charge in [-0.2, -0.15) is 18.2 Å². The molecule has 2 heterocycles. The van der Waals surface area contributed by atoms with Crippen LogP contribution in [0.2, 0.25) is 0 Å². The van der Waals surface area contributed by atoms with Gasteiger partial charge in [-0.05, 0) is 37.3 Å². The first-order valence-electron chi connectivity index (χ1n) is 8.89. The Balaban J connectivity index is 1.81. The number of anilines is 1. The molecule has 0 radical (unpaired) electrons. The maximum absolute atomic E-state index is 12.9. The molecule has 0 bridgehead atoms. The summed E-state index contributed by atoms with van der Waals surface area (Å²) in [5.41, 5.74) is -3.34. The Morgan fingerprint density at radius 3 is 2.31 bits per heavy atom. The number of hydrogen-bond acceptors (Lipinski definition) is 7. The van der Waals surface area contributed by atoms with Gasteiger partial charge in [-0.3, -0.25) is 18.7 Å². The topological polar surface area (TPSA) is 128 Å². The molecule has 2 N–H and O–H groups in total. The summed E-state index contributed by atoms with van der Waals surface area (Å²) in [6, 6.07) is 5.62. The van der Waals surface area contributed by atoms with E-state index in [-0.39, 0.29) is 17.1 Å². The van der Waals surface area contributed by atoms with Crippen LogP contribution in [0, 0.1) is 6.92 Å². The van der Waals surface area contributed by atoms with E-state index in [1.165, 1.54) is 38.2 Å². The van der Waals surface area contributed by atoms with Gasteiger partial charge in [0.05, 0.1) is 0 Å². The zero-order valence-electron chi connectivity index (χ0n) is 16.9. The van der Waals surface area contributed by atoms with Crippen LogP contribution in [0.15, 0.2) is 39.9 Å². The molecule has 0 saturated heterocycles. The Kier molecular flexibility index (Phi) is 5.75. The maximum atomic E-state index is 12.9. The lowest BCUT2D eigenvalue weighted by Crippen LogP contribution is -2.40. The first-order chi connectivity index (χ1) is 14.9. The molecule has 0 aliphatic carbocycles. The molecular weight excluding hydrogens is 435 g/mol. The number of nitrogens with zero attached hydrogens (tertiary/aromatic N) is 4. The van der Waals surface area contributed by atoms with Crippen molar-refractivity contribution in [2.75, 3.05) is 5.32 Å². The molecule has 0 unspecified atom stereocenters. The minimum atomic E-state index is -4.66. The van der Waals surface area contributed by atoms with Crippen LogP contribution in [0.5, 0.6) is 17.6 Å². The fraction of sp³-hybridized carbons (Fsp3) is 0.211. The molecule has 0 fully saturated rings. The number of nitrogens with one attached hydrogen (secondary N) is 1. The third-order valence-corrected chi connectivity index (χ3v) is 4.31. The summed E-state index contributed by atoms with van der Waals surface area (Å²) in [6.07, 6.45) is -4.66. The number of carbonyl (C=O) groups is 1. The highest BCUT2D eigenvalue weighted by atomic mass is 19.4. The second-order valence-electron chi connectivity index (χ2n) is 6.66. The normalized spacial score (nSPS) is 11.3. The third-order valence-electron chi connectivity index (χ3n) is 4.31. The number of benzene rings is 1. The van der Waals surface area contributed by atoms with E-state index < -0.39 is 46.5 Å². The van der Waals surface area contributed by atoms with Crippen LogP contribution < -0.4 is 21.3 Å². The summed E-state index contributed by atoms with van der Waals surface area (Å²) in [6.45, 7) is 1.36. The molecule has 0 aliphatic rings. The molecule has 10 nitrogen and oxygen atoms in total. The van der Waals surface area contributed by atoms with E-state index in [4.69, 9.17) is 4.74 Å². The second-order valence-corrected chi connectivity index (χ2v) is 6.66. The molecule has 0 saturated carbocycles. The summed E-state index contributed by atoms with van der Waals surface area (Å²) in [7, 11) is 2.35. The molecule has 3 aromatic rings. The van der Waals surface area contributed by atoms with Crippen molar-refractivity contribution in [1.29, 1.82) is 0 Å². The minimum absolute atomic E-state index is 0.0601. The quantitative estimate of drug-likeness (QED) is 0.621. The monoisotopic (exact) mass is 451 g/mol. The van der Waals surface area contributed by atoms with Crippen LogP contribution in [0.4, 0.5) is 18.9 Å². The fourth-order valence-electron chi connectivity index (χ4n) is 2.67. The number of aromatic hydroxyl groups is 1. The van der Waals surface area contributed by atoms with Gasteiger partial charge in [-0.15, -0.1) is 0 Å². The van der Waals surface area contributed by atoms with Crippen LogP contribution in [0.25, 0.3) is 0 Å². The van der Waals surface area contributed by atoms with Gasteiger partial charge >= 0.3 is 17.9 Å². The van der Waals surface area contributed by atoms with Crippen molar-refractivity contribution in [3.8, 4) is 17.6 Å². The largest absolute Gasteiger partial charge is 0.494 e. The SMILES string of the molecule is Cc1cc(C(F)(F)F)nc(Oc2ccc(NC(=O)c3c(O)n(C)c(=O)n(C)c3=O)cc2)n1. The molecule has 1 amide bonds. The van der Waals surface area contributed by atoms with Crippen molar-refractivity contribution in [2.45, 2.75) is 13.1 Å². The van der Waals surface area contributed by atoms with Gasteiger partial charge < -0.3 is 15.2 Å². The molecule has 0 spiro atoms.